The van der Waals surface area contributed by atoms with Gasteiger partial charge in [-0.1, -0.05) is 12.1 Å². The van der Waals surface area contributed by atoms with Crippen molar-refractivity contribution in [2.24, 2.45) is 0 Å². The number of amides is 1. The number of ether oxygens (including phenoxy) is 2. The van der Waals surface area contributed by atoms with Crippen molar-refractivity contribution in [1.82, 2.24) is 0 Å². The molecule has 2 aromatic carbocycles. The van der Waals surface area contributed by atoms with Gasteiger partial charge in [0.15, 0.2) is 0 Å². The molecule has 1 amide bonds. The molecule has 0 bridgehead atoms. The fourth-order valence-corrected chi connectivity index (χ4v) is 2.07. The predicted octanol–water partition coefficient (Wildman–Crippen LogP) is 3.69. The Labute approximate surface area is 135 Å². The van der Waals surface area contributed by atoms with Gasteiger partial charge < -0.3 is 14.8 Å². The SMILES string of the molecule is COCCC(=O)Nc1ccc(OCc2cccc(F)c2)cc1C. The third-order valence-corrected chi connectivity index (χ3v) is 3.30. The number of aryl methyl sites for hydroxylation is 1. The van der Waals surface area contributed by atoms with Crippen LogP contribution in [0.4, 0.5) is 10.1 Å². The second-order valence-electron chi connectivity index (χ2n) is 5.19. The Morgan fingerprint density at radius 2 is 2.04 bits per heavy atom. The Hall–Kier alpha value is -2.40. The monoisotopic (exact) mass is 317 g/mol. The summed E-state index contributed by atoms with van der Waals surface area (Å²) in [6.07, 6.45) is 0.313. The number of hydrogen-bond acceptors (Lipinski definition) is 3. The number of carbonyl (C=O) groups is 1. The second kappa shape index (κ2) is 8.29. The molecule has 2 aromatic rings. The highest BCUT2D eigenvalue weighted by atomic mass is 19.1. The van der Waals surface area contributed by atoms with Gasteiger partial charge in [0.05, 0.1) is 13.0 Å². The minimum absolute atomic E-state index is 0.0941. The van der Waals surface area contributed by atoms with Crippen molar-refractivity contribution in [2.75, 3.05) is 19.0 Å². The minimum Gasteiger partial charge on any atom is -0.489 e. The molecular weight excluding hydrogens is 297 g/mol. The molecule has 0 saturated carbocycles. The third-order valence-electron chi connectivity index (χ3n) is 3.30. The van der Waals surface area contributed by atoms with Crippen LogP contribution in [0.1, 0.15) is 17.5 Å². The number of anilines is 1. The Balaban J connectivity index is 1.94. The van der Waals surface area contributed by atoms with Crippen LogP contribution in [-0.4, -0.2) is 19.6 Å². The quantitative estimate of drug-likeness (QED) is 0.847. The van der Waals surface area contributed by atoms with E-state index in [1.807, 2.05) is 13.0 Å². The first kappa shape index (κ1) is 17.0. The first-order valence-electron chi connectivity index (χ1n) is 7.35. The highest BCUT2D eigenvalue weighted by Crippen LogP contribution is 2.22. The summed E-state index contributed by atoms with van der Waals surface area (Å²) in [5.74, 6) is 0.293. The van der Waals surface area contributed by atoms with E-state index in [4.69, 9.17) is 9.47 Å². The van der Waals surface area contributed by atoms with Crippen molar-refractivity contribution in [3.63, 3.8) is 0 Å². The van der Waals surface area contributed by atoms with Gasteiger partial charge in [-0.05, 0) is 48.4 Å². The molecule has 122 valence electrons. The van der Waals surface area contributed by atoms with Crippen molar-refractivity contribution in [3.05, 3.63) is 59.4 Å². The van der Waals surface area contributed by atoms with E-state index >= 15 is 0 Å². The van der Waals surface area contributed by atoms with Gasteiger partial charge in [-0.25, -0.2) is 4.39 Å². The smallest absolute Gasteiger partial charge is 0.226 e. The molecule has 0 spiro atoms. The molecule has 0 fully saturated rings. The number of halogens is 1. The third kappa shape index (κ3) is 5.38. The lowest BCUT2D eigenvalue weighted by molar-refractivity contribution is -0.117. The summed E-state index contributed by atoms with van der Waals surface area (Å²) < 4.78 is 23.6. The van der Waals surface area contributed by atoms with Crippen LogP contribution in [0, 0.1) is 12.7 Å². The molecule has 0 radical (unpaired) electrons. The Morgan fingerprint density at radius 1 is 1.22 bits per heavy atom. The molecule has 0 atom stereocenters. The summed E-state index contributed by atoms with van der Waals surface area (Å²) in [6.45, 7) is 2.57. The maximum atomic E-state index is 13.1. The normalized spacial score (nSPS) is 10.4. The van der Waals surface area contributed by atoms with E-state index in [1.165, 1.54) is 12.1 Å². The van der Waals surface area contributed by atoms with Gasteiger partial charge in [-0.15, -0.1) is 0 Å². The van der Waals surface area contributed by atoms with Crippen LogP contribution in [0.2, 0.25) is 0 Å². The maximum absolute atomic E-state index is 13.1. The summed E-state index contributed by atoms with van der Waals surface area (Å²) in [6, 6.07) is 11.7. The largest absolute Gasteiger partial charge is 0.489 e. The highest BCUT2D eigenvalue weighted by Gasteiger charge is 2.06. The highest BCUT2D eigenvalue weighted by molar-refractivity contribution is 5.91. The average Bonchev–Trinajstić information content (AvgIpc) is 2.53. The minimum atomic E-state index is -0.281. The zero-order chi connectivity index (χ0) is 16.7. The molecule has 0 aromatic heterocycles. The number of rotatable bonds is 7. The predicted molar refractivity (Wildman–Crippen MR) is 87.0 cm³/mol. The maximum Gasteiger partial charge on any atom is 0.226 e. The van der Waals surface area contributed by atoms with E-state index in [1.54, 1.807) is 31.4 Å². The van der Waals surface area contributed by atoms with Crippen LogP contribution < -0.4 is 10.1 Å². The van der Waals surface area contributed by atoms with E-state index in [-0.39, 0.29) is 18.3 Å². The fourth-order valence-electron chi connectivity index (χ4n) is 2.07. The average molecular weight is 317 g/mol. The summed E-state index contributed by atoms with van der Waals surface area (Å²) in [7, 11) is 1.56. The van der Waals surface area contributed by atoms with Gasteiger partial charge in [-0.3, -0.25) is 4.79 Å². The Morgan fingerprint density at radius 3 is 2.74 bits per heavy atom. The fraction of sp³-hybridized carbons (Fsp3) is 0.278. The lowest BCUT2D eigenvalue weighted by Crippen LogP contribution is -2.14. The first-order chi connectivity index (χ1) is 11.1. The molecule has 0 saturated heterocycles. The van der Waals surface area contributed by atoms with Gasteiger partial charge in [0.1, 0.15) is 18.2 Å². The number of nitrogens with one attached hydrogen (secondary N) is 1. The zero-order valence-electron chi connectivity index (χ0n) is 13.3. The van der Waals surface area contributed by atoms with Crippen molar-refractivity contribution < 1.29 is 18.7 Å². The van der Waals surface area contributed by atoms with Gasteiger partial charge in [-0.2, -0.15) is 0 Å². The molecule has 0 heterocycles. The molecule has 2 rings (SSSR count). The molecule has 0 unspecified atom stereocenters. The lowest BCUT2D eigenvalue weighted by atomic mass is 10.2. The van der Waals surface area contributed by atoms with Crippen LogP contribution in [0.25, 0.3) is 0 Å². The van der Waals surface area contributed by atoms with E-state index in [0.29, 0.717) is 18.8 Å². The van der Waals surface area contributed by atoms with Gasteiger partial charge in [0.2, 0.25) is 5.91 Å². The Kier molecular flexibility index (Phi) is 6.11. The first-order valence-corrected chi connectivity index (χ1v) is 7.35. The van der Waals surface area contributed by atoms with Crippen molar-refractivity contribution in [1.29, 1.82) is 0 Å². The zero-order valence-corrected chi connectivity index (χ0v) is 13.3. The molecule has 23 heavy (non-hydrogen) atoms. The van der Waals surface area contributed by atoms with Gasteiger partial charge in [0, 0.05) is 12.8 Å². The number of hydrogen-bond donors (Lipinski definition) is 1. The van der Waals surface area contributed by atoms with E-state index in [0.717, 1.165) is 16.8 Å². The van der Waals surface area contributed by atoms with Crippen LogP contribution in [0.15, 0.2) is 42.5 Å². The number of benzene rings is 2. The summed E-state index contributed by atoms with van der Waals surface area (Å²) >= 11 is 0. The lowest BCUT2D eigenvalue weighted by Gasteiger charge is -2.11. The van der Waals surface area contributed by atoms with Crippen molar-refractivity contribution in [3.8, 4) is 5.75 Å². The standard InChI is InChI=1S/C18H20FNO3/c1-13-10-16(23-12-14-4-3-5-15(19)11-14)6-7-17(13)20-18(21)8-9-22-2/h3-7,10-11H,8-9,12H2,1-2H3,(H,20,21). The summed E-state index contributed by atoms with van der Waals surface area (Å²) in [5.41, 5.74) is 2.40. The molecule has 1 N–H and O–H groups in total. The van der Waals surface area contributed by atoms with E-state index < -0.39 is 0 Å². The molecular formula is C18H20FNO3. The topological polar surface area (TPSA) is 47.6 Å². The second-order valence-corrected chi connectivity index (χ2v) is 5.19. The van der Waals surface area contributed by atoms with E-state index in [2.05, 4.69) is 5.32 Å². The number of methoxy groups -OCH3 is 1. The molecule has 0 aliphatic heterocycles. The van der Waals surface area contributed by atoms with Crippen LogP contribution in [0.5, 0.6) is 5.75 Å². The van der Waals surface area contributed by atoms with Gasteiger partial charge in [0.25, 0.3) is 0 Å². The van der Waals surface area contributed by atoms with Crippen LogP contribution in [-0.2, 0) is 16.1 Å². The van der Waals surface area contributed by atoms with E-state index in [9.17, 15) is 9.18 Å². The molecule has 0 aliphatic carbocycles. The van der Waals surface area contributed by atoms with Crippen molar-refractivity contribution >= 4 is 11.6 Å². The summed E-state index contributed by atoms with van der Waals surface area (Å²) in [5, 5.41) is 2.83. The molecule has 0 aliphatic rings. The molecule has 4 nitrogen and oxygen atoms in total. The van der Waals surface area contributed by atoms with Crippen LogP contribution in [0.3, 0.4) is 0 Å². The van der Waals surface area contributed by atoms with Crippen LogP contribution >= 0.6 is 0 Å². The summed E-state index contributed by atoms with van der Waals surface area (Å²) in [4.78, 5) is 11.7. The number of carbonyl (C=O) groups excluding carboxylic acids is 1. The van der Waals surface area contributed by atoms with Gasteiger partial charge >= 0.3 is 0 Å². The Bertz CT molecular complexity index is 673. The molecule has 5 heteroatoms. The van der Waals surface area contributed by atoms with Crippen molar-refractivity contribution in [2.45, 2.75) is 20.0 Å².